The van der Waals surface area contributed by atoms with Gasteiger partial charge in [-0.05, 0) is 55.9 Å². The van der Waals surface area contributed by atoms with Crippen molar-refractivity contribution in [3.8, 4) is 0 Å². The van der Waals surface area contributed by atoms with Crippen LogP contribution >= 0.6 is 11.3 Å². The summed E-state index contributed by atoms with van der Waals surface area (Å²) >= 11 is 1.77. The third-order valence-electron chi connectivity index (χ3n) is 6.09. The van der Waals surface area contributed by atoms with E-state index in [0.29, 0.717) is 5.89 Å². The van der Waals surface area contributed by atoms with Gasteiger partial charge < -0.3 is 14.0 Å². The number of hydrogen-bond acceptors (Lipinski definition) is 6. The van der Waals surface area contributed by atoms with Crippen LogP contribution in [-0.2, 0) is 20.5 Å². The molecule has 4 aliphatic rings. The van der Waals surface area contributed by atoms with Crippen LogP contribution in [0.15, 0.2) is 22.0 Å². The van der Waals surface area contributed by atoms with Crippen LogP contribution in [0.25, 0.3) is 0 Å². The number of rotatable bonds is 3. The Kier molecular flexibility index (Phi) is 3.54. The lowest BCUT2D eigenvalue weighted by Gasteiger charge is -2.43. The monoisotopic (exact) mass is 346 g/mol. The molecule has 24 heavy (non-hydrogen) atoms. The molecule has 0 aromatic carbocycles. The zero-order valence-corrected chi connectivity index (χ0v) is 14.5. The van der Waals surface area contributed by atoms with Gasteiger partial charge in [0.2, 0.25) is 0 Å². The highest BCUT2D eigenvalue weighted by Gasteiger charge is 2.49. The van der Waals surface area contributed by atoms with Crippen LogP contribution in [0.5, 0.6) is 0 Å². The maximum atomic E-state index is 6.16. The molecule has 0 radical (unpaired) electrons. The Morgan fingerprint density at radius 2 is 1.96 bits per heavy atom. The van der Waals surface area contributed by atoms with Gasteiger partial charge in [-0.2, -0.15) is 4.98 Å². The van der Waals surface area contributed by atoms with Crippen molar-refractivity contribution < 1.29 is 14.0 Å². The average molecular weight is 346 g/mol. The fourth-order valence-electron chi connectivity index (χ4n) is 4.46. The lowest BCUT2D eigenvalue weighted by molar-refractivity contribution is -0.164. The number of thiophene rings is 1. The van der Waals surface area contributed by atoms with Gasteiger partial charge in [0, 0.05) is 18.1 Å². The highest BCUT2D eigenvalue weighted by molar-refractivity contribution is 7.10. The molecule has 3 saturated heterocycles. The molecule has 0 atom stereocenters. The first-order valence-corrected chi connectivity index (χ1v) is 9.79. The van der Waals surface area contributed by atoms with E-state index in [1.165, 1.54) is 17.7 Å². The number of nitrogens with zero attached hydrogens (tertiary/aromatic N) is 2. The fourth-order valence-corrected chi connectivity index (χ4v) is 5.44. The van der Waals surface area contributed by atoms with Crippen LogP contribution in [0.2, 0.25) is 0 Å². The van der Waals surface area contributed by atoms with Crippen LogP contribution in [0.1, 0.15) is 55.1 Å². The summed E-state index contributed by atoms with van der Waals surface area (Å²) in [5.74, 6) is 2.23. The smallest absolute Gasteiger partial charge is 0.258 e. The van der Waals surface area contributed by atoms with Crippen molar-refractivity contribution in [1.29, 1.82) is 0 Å². The fraction of sp³-hybridized carbons (Fsp3) is 0.667. The molecule has 5 heterocycles. The number of hydrogen-bond donors (Lipinski definition) is 0. The molecular weight excluding hydrogens is 324 g/mol. The largest absolute Gasteiger partial charge is 0.381 e. The van der Waals surface area contributed by atoms with Crippen molar-refractivity contribution >= 4 is 11.3 Å². The second-order valence-electron chi connectivity index (χ2n) is 7.34. The molecule has 0 spiro atoms. The summed E-state index contributed by atoms with van der Waals surface area (Å²) in [6.45, 7) is 2.32. The summed E-state index contributed by atoms with van der Waals surface area (Å²) in [7, 11) is 0. The van der Waals surface area contributed by atoms with Gasteiger partial charge in [-0.1, -0.05) is 11.2 Å². The van der Waals surface area contributed by atoms with Crippen LogP contribution < -0.4 is 0 Å². The van der Waals surface area contributed by atoms with E-state index in [-0.39, 0.29) is 11.0 Å². The van der Waals surface area contributed by atoms with Gasteiger partial charge in [-0.15, -0.1) is 11.3 Å². The van der Waals surface area contributed by atoms with Crippen LogP contribution in [-0.4, -0.2) is 30.0 Å². The van der Waals surface area contributed by atoms with Crippen molar-refractivity contribution in [1.82, 2.24) is 10.1 Å². The van der Waals surface area contributed by atoms with Gasteiger partial charge in [0.25, 0.3) is 5.89 Å². The first-order valence-electron chi connectivity index (χ1n) is 8.91. The number of fused-ring (bicyclic) bond motifs is 3. The predicted octanol–water partition coefficient (Wildman–Crippen LogP) is 3.64. The van der Waals surface area contributed by atoms with E-state index in [1.54, 1.807) is 11.3 Å². The molecule has 6 heteroatoms. The molecule has 2 bridgehead atoms. The summed E-state index contributed by atoms with van der Waals surface area (Å²) in [4.78, 5) is 6.21. The number of aromatic nitrogens is 2. The summed E-state index contributed by atoms with van der Waals surface area (Å²) in [6.07, 6.45) is 6.25. The van der Waals surface area contributed by atoms with Gasteiger partial charge in [0.1, 0.15) is 5.60 Å². The SMILES string of the molecule is c1csc(C2(c3noc(C45CCC(CC4)CO5)n3)CCOCC2)c1. The van der Waals surface area contributed by atoms with Gasteiger partial charge >= 0.3 is 0 Å². The van der Waals surface area contributed by atoms with Gasteiger partial charge in [-0.3, -0.25) is 0 Å². The molecule has 3 aliphatic heterocycles. The molecular formula is C18H22N2O3S. The van der Waals surface area contributed by atoms with Crippen LogP contribution in [0.4, 0.5) is 0 Å². The van der Waals surface area contributed by atoms with E-state index >= 15 is 0 Å². The van der Waals surface area contributed by atoms with E-state index < -0.39 is 0 Å². The highest BCUT2D eigenvalue weighted by Crippen LogP contribution is 2.48. The molecule has 1 saturated carbocycles. The Labute approximate surface area is 145 Å². The second-order valence-corrected chi connectivity index (χ2v) is 8.29. The van der Waals surface area contributed by atoms with E-state index in [9.17, 15) is 0 Å². The number of ether oxygens (including phenoxy) is 2. The molecule has 0 unspecified atom stereocenters. The Morgan fingerprint density at radius 3 is 2.62 bits per heavy atom. The Balaban J connectivity index is 1.53. The molecule has 0 amide bonds. The summed E-state index contributed by atoms with van der Waals surface area (Å²) in [6, 6.07) is 4.29. The van der Waals surface area contributed by atoms with Gasteiger partial charge in [-0.25, -0.2) is 0 Å². The quantitative estimate of drug-likeness (QED) is 0.849. The molecule has 2 aromatic rings. The van der Waals surface area contributed by atoms with Crippen molar-refractivity contribution in [2.24, 2.45) is 5.92 Å². The van der Waals surface area contributed by atoms with E-state index in [2.05, 4.69) is 22.7 Å². The Morgan fingerprint density at radius 1 is 1.12 bits per heavy atom. The third kappa shape index (κ3) is 2.20. The van der Waals surface area contributed by atoms with E-state index in [4.69, 9.17) is 19.0 Å². The standard InChI is InChI=1S/C18H22N2O3S/c1-2-14(24-11-1)17(7-9-21-10-8-17)15-19-16(23-20-15)18-5-3-13(4-6-18)12-22-18/h1-2,11,13H,3-10,12H2. The predicted molar refractivity (Wildman–Crippen MR) is 89.0 cm³/mol. The Hall–Kier alpha value is -1.24. The van der Waals surface area contributed by atoms with Crippen LogP contribution in [0, 0.1) is 5.92 Å². The lowest BCUT2D eigenvalue weighted by Crippen LogP contribution is -2.43. The van der Waals surface area contributed by atoms with Crippen LogP contribution in [0.3, 0.4) is 0 Å². The normalized spacial score (nSPS) is 32.1. The maximum Gasteiger partial charge on any atom is 0.258 e. The summed E-state index contributed by atoms with van der Waals surface area (Å²) in [5.41, 5.74) is -0.502. The van der Waals surface area contributed by atoms with Crippen molar-refractivity contribution in [3.63, 3.8) is 0 Å². The zero-order valence-electron chi connectivity index (χ0n) is 13.7. The molecule has 1 aliphatic carbocycles. The first kappa shape index (κ1) is 15.0. The topological polar surface area (TPSA) is 57.4 Å². The molecule has 6 rings (SSSR count). The minimum atomic E-state index is -0.332. The molecule has 5 nitrogen and oxygen atoms in total. The first-order chi connectivity index (χ1) is 11.8. The highest BCUT2D eigenvalue weighted by atomic mass is 32.1. The zero-order chi connectivity index (χ0) is 16.0. The van der Waals surface area contributed by atoms with E-state index in [1.807, 2.05) is 0 Å². The third-order valence-corrected chi connectivity index (χ3v) is 7.17. The second kappa shape index (κ2) is 5.64. The average Bonchev–Trinajstić information content (AvgIpc) is 3.37. The molecule has 2 aromatic heterocycles. The molecule has 4 fully saturated rings. The van der Waals surface area contributed by atoms with Crippen molar-refractivity contribution in [2.75, 3.05) is 19.8 Å². The van der Waals surface area contributed by atoms with Gasteiger partial charge in [0.15, 0.2) is 5.82 Å². The maximum absolute atomic E-state index is 6.16. The Bertz CT molecular complexity index is 684. The van der Waals surface area contributed by atoms with Gasteiger partial charge in [0.05, 0.1) is 12.0 Å². The summed E-state index contributed by atoms with van der Waals surface area (Å²) < 4.78 is 17.5. The minimum absolute atomic E-state index is 0.170. The molecule has 0 N–H and O–H groups in total. The lowest BCUT2D eigenvalue weighted by atomic mass is 9.75. The minimum Gasteiger partial charge on any atom is -0.381 e. The summed E-state index contributed by atoms with van der Waals surface area (Å²) in [5, 5.41) is 6.56. The van der Waals surface area contributed by atoms with Crippen molar-refractivity contribution in [2.45, 2.75) is 49.5 Å². The van der Waals surface area contributed by atoms with Crippen molar-refractivity contribution in [3.05, 3.63) is 34.1 Å². The van der Waals surface area contributed by atoms with E-state index in [0.717, 1.165) is 57.2 Å². The molecule has 128 valence electrons.